The van der Waals surface area contributed by atoms with Crippen molar-refractivity contribution >= 4 is 5.91 Å². The predicted octanol–water partition coefficient (Wildman–Crippen LogP) is 2.85. The SMILES string of the molecule is C/C=C/CCC(=O)N(C)C.CCC. The van der Waals surface area contributed by atoms with Gasteiger partial charge in [-0.3, -0.25) is 4.79 Å². The standard InChI is InChI=1S/C8H15NO.C3H8/c1-4-5-6-7-8(10)9(2)3;1-3-2/h4-5H,6-7H2,1-3H3;3H2,1-2H3/b5-4+;. The van der Waals surface area contributed by atoms with Crippen LogP contribution >= 0.6 is 0 Å². The Hall–Kier alpha value is -0.790. The molecule has 0 atom stereocenters. The van der Waals surface area contributed by atoms with E-state index in [9.17, 15) is 4.79 Å². The summed E-state index contributed by atoms with van der Waals surface area (Å²) in [6.45, 7) is 6.21. The van der Waals surface area contributed by atoms with Gasteiger partial charge in [-0.25, -0.2) is 0 Å². The Balaban J connectivity index is 0. The van der Waals surface area contributed by atoms with E-state index in [0.29, 0.717) is 6.42 Å². The lowest BCUT2D eigenvalue weighted by Crippen LogP contribution is -2.20. The Bertz CT molecular complexity index is 139. The van der Waals surface area contributed by atoms with Crippen LogP contribution in [0.4, 0.5) is 0 Å². The van der Waals surface area contributed by atoms with Gasteiger partial charge in [0, 0.05) is 20.5 Å². The van der Waals surface area contributed by atoms with E-state index in [-0.39, 0.29) is 5.91 Å². The molecule has 0 heterocycles. The van der Waals surface area contributed by atoms with Crippen molar-refractivity contribution in [2.75, 3.05) is 14.1 Å². The second-order valence-corrected chi connectivity index (χ2v) is 3.10. The molecule has 0 aliphatic rings. The monoisotopic (exact) mass is 185 g/mol. The highest BCUT2D eigenvalue weighted by Gasteiger charge is 1.99. The summed E-state index contributed by atoms with van der Waals surface area (Å²) in [6.07, 6.45) is 6.69. The zero-order valence-electron chi connectivity index (χ0n) is 9.63. The van der Waals surface area contributed by atoms with E-state index in [4.69, 9.17) is 0 Å². The molecule has 1 amide bonds. The first-order chi connectivity index (χ1) is 6.09. The van der Waals surface area contributed by atoms with Gasteiger partial charge in [-0.1, -0.05) is 32.4 Å². The molecule has 0 bridgehead atoms. The highest BCUT2D eigenvalue weighted by Crippen LogP contribution is 1.93. The number of carbonyl (C=O) groups excluding carboxylic acids is 1. The summed E-state index contributed by atoms with van der Waals surface area (Å²) in [4.78, 5) is 12.5. The van der Waals surface area contributed by atoms with Crippen LogP contribution in [0, 0.1) is 0 Å². The minimum absolute atomic E-state index is 0.193. The third-order valence-electron chi connectivity index (χ3n) is 1.26. The summed E-state index contributed by atoms with van der Waals surface area (Å²) in [5.74, 6) is 0.193. The molecule has 0 aromatic rings. The van der Waals surface area contributed by atoms with Gasteiger partial charge in [0.1, 0.15) is 0 Å². The van der Waals surface area contributed by atoms with Crippen molar-refractivity contribution < 1.29 is 4.79 Å². The van der Waals surface area contributed by atoms with Crippen LogP contribution in [0.1, 0.15) is 40.0 Å². The van der Waals surface area contributed by atoms with E-state index >= 15 is 0 Å². The van der Waals surface area contributed by atoms with Gasteiger partial charge < -0.3 is 4.90 Å². The summed E-state index contributed by atoms with van der Waals surface area (Å²) in [5, 5.41) is 0. The predicted molar refractivity (Wildman–Crippen MR) is 58.7 cm³/mol. The molecule has 0 saturated carbocycles. The van der Waals surface area contributed by atoms with Gasteiger partial charge in [-0.2, -0.15) is 0 Å². The van der Waals surface area contributed by atoms with Crippen molar-refractivity contribution in [2.24, 2.45) is 0 Å². The number of carbonyl (C=O) groups is 1. The summed E-state index contributed by atoms with van der Waals surface area (Å²) in [6, 6.07) is 0. The van der Waals surface area contributed by atoms with E-state index in [1.54, 1.807) is 19.0 Å². The maximum Gasteiger partial charge on any atom is 0.222 e. The van der Waals surface area contributed by atoms with Gasteiger partial charge in [0.25, 0.3) is 0 Å². The minimum Gasteiger partial charge on any atom is -0.349 e. The third-order valence-corrected chi connectivity index (χ3v) is 1.26. The summed E-state index contributed by atoms with van der Waals surface area (Å²) >= 11 is 0. The zero-order valence-corrected chi connectivity index (χ0v) is 9.63. The third kappa shape index (κ3) is 14.1. The van der Waals surface area contributed by atoms with Crippen LogP contribution in [-0.4, -0.2) is 24.9 Å². The van der Waals surface area contributed by atoms with E-state index in [2.05, 4.69) is 13.8 Å². The van der Waals surface area contributed by atoms with Gasteiger partial charge >= 0.3 is 0 Å². The average Bonchev–Trinajstić information content (AvgIpc) is 2.06. The van der Waals surface area contributed by atoms with E-state index in [0.717, 1.165) is 6.42 Å². The number of nitrogens with zero attached hydrogens (tertiary/aromatic N) is 1. The van der Waals surface area contributed by atoms with Gasteiger partial charge in [0.05, 0.1) is 0 Å². The fourth-order valence-electron chi connectivity index (χ4n) is 0.597. The lowest BCUT2D eigenvalue weighted by molar-refractivity contribution is -0.128. The number of amides is 1. The second kappa shape index (κ2) is 11.2. The van der Waals surface area contributed by atoms with Gasteiger partial charge in [0.15, 0.2) is 0 Å². The molecular formula is C11H23NO. The quantitative estimate of drug-likeness (QED) is 0.619. The Morgan fingerprint density at radius 2 is 1.77 bits per heavy atom. The second-order valence-electron chi connectivity index (χ2n) is 3.10. The Kier molecular flexibility index (Phi) is 12.7. The molecule has 0 aliphatic carbocycles. The number of rotatable bonds is 3. The average molecular weight is 185 g/mol. The Morgan fingerprint density at radius 1 is 1.31 bits per heavy atom. The molecular weight excluding hydrogens is 162 g/mol. The van der Waals surface area contributed by atoms with Crippen molar-refractivity contribution in [3.63, 3.8) is 0 Å². The summed E-state index contributed by atoms with van der Waals surface area (Å²) < 4.78 is 0. The molecule has 0 aliphatic heterocycles. The van der Waals surface area contributed by atoms with Crippen LogP contribution in [0.3, 0.4) is 0 Å². The number of hydrogen-bond donors (Lipinski definition) is 0. The van der Waals surface area contributed by atoms with Crippen LogP contribution in [0.2, 0.25) is 0 Å². The molecule has 0 aromatic carbocycles. The molecule has 0 spiro atoms. The molecule has 13 heavy (non-hydrogen) atoms. The Morgan fingerprint density at radius 3 is 2.08 bits per heavy atom. The topological polar surface area (TPSA) is 20.3 Å². The van der Waals surface area contributed by atoms with Crippen molar-refractivity contribution in [3.05, 3.63) is 12.2 Å². The summed E-state index contributed by atoms with van der Waals surface area (Å²) in [7, 11) is 3.55. The normalized spacial score (nSPS) is 9.31. The van der Waals surface area contributed by atoms with Crippen LogP contribution in [0.5, 0.6) is 0 Å². The number of hydrogen-bond acceptors (Lipinski definition) is 1. The molecule has 0 rings (SSSR count). The smallest absolute Gasteiger partial charge is 0.222 e. The molecule has 0 unspecified atom stereocenters. The highest BCUT2D eigenvalue weighted by atomic mass is 16.2. The molecule has 78 valence electrons. The molecule has 2 nitrogen and oxygen atoms in total. The fourth-order valence-corrected chi connectivity index (χ4v) is 0.597. The fraction of sp³-hybridized carbons (Fsp3) is 0.727. The maximum absolute atomic E-state index is 10.9. The first-order valence-electron chi connectivity index (χ1n) is 4.91. The molecule has 0 radical (unpaired) electrons. The van der Waals surface area contributed by atoms with E-state index in [1.165, 1.54) is 6.42 Å². The van der Waals surface area contributed by atoms with Crippen LogP contribution in [0.15, 0.2) is 12.2 Å². The molecule has 0 N–H and O–H groups in total. The van der Waals surface area contributed by atoms with Crippen molar-refractivity contribution in [1.29, 1.82) is 0 Å². The van der Waals surface area contributed by atoms with E-state index in [1.807, 2.05) is 19.1 Å². The zero-order chi connectivity index (χ0) is 10.7. The Labute approximate surface area is 82.6 Å². The van der Waals surface area contributed by atoms with Crippen LogP contribution in [-0.2, 0) is 4.79 Å². The largest absolute Gasteiger partial charge is 0.349 e. The van der Waals surface area contributed by atoms with Gasteiger partial charge in [-0.15, -0.1) is 0 Å². The van der Waals surface area contributed by atoms with Crippen molar-refractivity contribution in [3.8, 4) is 0 Å². The van der Waals surface area contributed by atoms with Crippen molar-refractivity contribution in [1.82, 2.24) is 4.90 Å². The lowest BCUT2D eigenvalue weighted by Gasteiger charge is -2.07. The first kappa shape index (κ1) is 14.7. The summed E-state index contributed by atoms with van der Waals surface area (Å²) in [5.41, 5.74) is 0. The van der Waals surface area contributed by atoms with Gasteiger partial charge in [-0.05, 0) is 13.3 Å². The molecule has 0 fully saturated rings. The maximum atomic E-state index is 10.9. The molecule has 0 saturated heterocycles. The number of allylic oxidation sites excluding steroid dienone is 2. The van der Waals surface area contributed by atoms with Gasteiger partial charge in [0.2, 0.25) is 5.91 Å². The minimum atomic E-state index is 0.193. The van der Waals surface area contributed by atoms with Crippen LogP contribution < -0.4 is 0 Å². The van der Waals surface area contributed by atoms with E-state index < -0.39 is 0 Å². The van der Waals surface area contributed by atoms with Crippen LogP contribution in [0.25, 0.3) is 0 Å². The van der Waals surface area contributed by atoms with Crippen molar-refractivity contribution in [2.45, 2.75) is 40.0 Å². The first-order valence-corrected chi connectivity index (χ1v) is 4.91. The highest BCUT2D eigenvalue weighted by molar-refractivity contribution is 5.75. The lowest BCUT2D eigenvalue weighted by atomic mass is 10.3. The molecule has 0 aromatic heterocycles. The molecule has 2 heteroatoms.